The topological polar surface area (TPSA) is 92.2 Å². The first-order valence-corrected chi connectivity index (χ1v) is 8.73. The fourth-order valence-corrected chi connectivity index (χ4v) is 2.94. The molecule has 0 radical (unpaired) electrons. The van der Waals surface area contributed by atoms with Gasteiger partial charge in [0.1, 0.15) is 6.33 Å². The minimum Gasteiger partial charge on any atom is -0.396 e. The van der Waals surface area contributed by atoms with Crippen molar-refractivity contribution in [3.8, 4) is 11.3 Å². The summed E-state index contributed by atoms with van der Waals surface area (Å²) in [4.78, 5) is 7.42. The Labute approximate surface area is 142 Å². The summed E-state index contributed by atoms with van der Waals surface area (Å²) in [6, 6.07) is 4.01. The molecule has 0 fully saturated rings. The van der Waals surface area contributed by atoms with Gasteiger partial charge in [-0.1, -0.05) is 0 Å². The molecule has 1 heterocycles. The number of aliphatic hydroxyl groups is 1. The van der Waals surface area contributed by atoms with Gasteiger partial charge in [0.2, 0.25) is 10.0 Å². The molecular formula is C15H16F3N3O3S. The van der Waals surface area contributed by atoms with Crippen LogP contribution in [0.25, 0.3) is 11.3 Å². The highest BCUT2D eigenvalue weighted by Crippen LogP contribution is 2.34. The third kappa shape index (κ3) is 4.74. The van der Waals surface area contributed by atoms with Gasteiger partial charge in [-0.3, -0.25) is 0 Å². The quantitative estimate of drug-likeness (QED) is 0.806. The zero-order valence-corrected chi connectivity index (χ0v) is 14.0. The van der Waals surface area contributed by atoms with E-state index in [1.54, 1.807) is 0 Å². The molecule has 0 saturated heterocycles. The maximum absolute atomic E-state index is 13.1. The van der Waals surface area contributed by atoms with Gasteiger partial charge in [0.05, 0.1) is 16.2 Å². The van der Waals surface area contributed by atoms with Crippen molar-refractivity contribution >= 4 is 10.0 Å². The van der Waals surface area contributed by atoms with Crippen LogP contribution in [0.5, 0.6) is 0 Å². The Morgan fingerprint density at radius 3 is 2.48 bits per heavy atom. The normalized spacial score (nSPS) is 12.4. The van der Waals surface area contributed by atoms with Crippen LogP contribution in [0, 0.1) is 0 Å². The predicted molar refractivity (Wildman–Crippen MR) is 84.1 cm³/mol. The third-order valence-electron chi connectivity index (χ3n) is 3.42. The number of nitrogens with one attached hydrogen (secondary N) is 1. The molecule has 1 aromatic carbocycles. The van der Waals surface area contributed by atoms with Crippen LogP contribution >= 0.6 is 0 Å². The zero-order valence-electron chi connectivity index (χ0n) is 13.2. The molecule has 2 rings (SSSR count). The van der Waals surface area contributed by atoms with Gasteiger partial charge < -0.3 is 5.11 Å². The summed E-state index contributed by atoms with van der Waals surface area (Å²) in [5, 5.41) is 8.85. The van der Waals surface area contributed by atoms with Crippen molar-refractivity contribution in [1.82, 2.24) is 14.7 Å². The van der Waals surface area contributed by atoms with Gasteiger partial charge >= 0.3 is 6.18 Å². The van der Waals surface area contributed by atoms with Crippen LogP contribution in [0.15, 0.2) is 35.5 Å². The van der Waals surface area contributed by atoms with Crippen molar-refractivity contribution < 1.29 is 26.7 Å². The lowest BCUT2D eigenvalue weighted by Gasteiger charge is -2.12. The Kier molecular flexibility index (Phi) is 5.76. The Bertz CT molecular complexity index is 855. The van der Waals surface area contributed by atoms with Crippen LogP contribution in [0.2, 0.25) is 0 Å². The molecule has 0 spiro atoms. The summed E-state index contributed by atoms with van der Waals surface area (Å²) in [7, 11) is -2.94. The number of benzene rings is 1. The first-order chi connectivity index (χ1) is 11.7. The van der Waals surface area contributed by atoms with E-state index in [1.165, 1.54) is 12.4 Å². The van der Waals surface area contributed by atoms with Gasteiger partial charge in [0.25, 0.3) is 0 Å². The van der Waals surface area contributed by atoms with E-state index in [1.807, 2.05) is 4.72 Å². The van der Waals surface area contributed by atoms with Crippen LogP contribution in [0.1, 0.15) is 17.7 Å². The second kappa shape index (κ2) is 7.46. The van der Waals surface area contributed by atoms with E-state index in [2.05, 4.69) is 9.97 Å². The van der Waals surface area contributed by atoms with Crippen LogP contribution in [0.4, 0.5) is 13.2 Å². The number of rotatable bonds is 6. The maximum atomic E-state index is 13.1. The molecule has 6 nitrogen and oxygen atoms in total. The number of nitrogens with zero attached hydrogens (tertiary/aromatic N) is 2. The Hall–Kier alpha value is -2.04. The third-order valence-corrected chi connectivity index (χ3v) is 4.82. The fraction of sp³-hybridized carbons (Fsp3) is 0.333. The second-order valence-corrected chi connectivity index (χ2v) is 7.06. The molecule has 0 aliphatic rings. The Morgan fingerprint density at radius 1 is 1.16 bits per heavy atom. The van der Waals surface area contributed by atoms with Gasteiger partial charge in [-0.2, -0.15) is 13.2 Å². The number of aliphatic hydroxyl groups excluding tert-OH is 1. The molecule has 1 aromatic heterocycles. The number of alkyl halides is 3. The summed E-state index contributed by atoms with van der Waals surface area (Å²) in [6.07, 6.45) is -2.65. The molecule has 0 amide bonds. The van der Waals surface area contributed by atoms with E-state index >= 15 is 0 Å². The Morgan fingerprint density at radius 2 is 1.88 bits per heavy atom. The number of halogens is 3. The van der Waals surface area contributed by atoms with Gasteiger partial charge in [-0.25, -0.2) is 23.1 Å². The number of hydrogen-bond donors (Lipinski definition) is 2. The van der Waals surface area contributed by atoms with Crippen molar-refractivity contribution in [2.45, 2.75) is 23.9 Å². The van der Waals surface area contributed by atoms with Crippen LogP contribution in [-0.4, -0.2) is 37.1 Å². The van der Waals surface area contributed by atoms with Gasteiger partial charge in [-0.05, 0) is 44.2 Å². The zero-order chi connectivity index (χ0) is 18.7. The molecule has 0 atom stereocenters. The molecule has 2 N–H and O–H groups in total. The second-order valence-electron chi connectivity index (χ2n) is 5.17. The first-order valence-electron chi connectivity index (χ1n) is 7.25. The first kappa shape index (κ1) is 19.3. The number of aryl methyl sites for hydroxylation is 1. The van der Waals surface area contributed by atoms with Crippen LogP contribution < -0.4 is 4.72 Å². The van der Waals surface area contributed by atoms with Crippen molar-refractivity contribution in [2.75, 3.05) is 13.7 Å². The molecule has 0 aliphatic carbocycles. The molecule has 0 bridgehead atoms. The number of hydrogen-bond acceptors (Lipinski definition) is 5. The standard InChI is InChI=1S/C15H16F3N3O3S/c1-19-25(23,24)13-6-10(5-11(7-13)15(16,17)18)14-8-12(3-2-4-22)20-9-21-14/h5-9,19,22H,2-4H2,1H3. The molecule has 136 valence electrons. The van der Waals surface area contributed by atoms with Crippen molar-refractivity contribution in [1.29, 1.82) is 0 Å². The molecule has 10 heteroatoms. The van der Waals surface area contributed by atoms with E-state index in [0.29, 0.717) is 24.6 Å². The average molecular weight is 375 g/mol. The fourth-order valence-electron chi connectivity index (χ4n) is 2.14. The number of sulfonamides is 1. The van der Waals surface area contributed by atoms with E-state index in [0.717, 1.165) is 19.2 Å². The SMILES string of the molecule is CNS(=O)(=O)c1cc(-c2cc(CCCO)ncn2)cc(C(F)(F)F)c1. The van der Waals surface area contributed by atoms with Gasteiger partial charge in [-0.15, -0.1) is 0 Å². The summed E-state index contributed by atoms with van der Waals surface area (Å²) < 4.78 is 65.2. The largest absolute Gasteiger partial charge is 0.416 e. The highest BCUT2D eigenvalue weighted by Gasteiger charge is 2.32. The van der Waals surface area contributed by atoms with Gasteiger partial charge in [0, 0.05) is 17.9 Å². The van der Waals surface area contributed by atoms with Crippen LogP contribution in [0.3, 0.4) is 0 Å². The molecular weight excluding hydrogens is 359 g/mol. The summed E-state index contributed by atoms with van der Waals surface area (Å²) in [6.45, 7) is -0.0482. The lowest BCUT2D eigenvalue weighted by molar-refractivity contribution is -0.137. The summed E-state index contributed by atoms with van der Waals surface area (Å²) in [5.74, 6) is 0. The van der Waals surface area contributed by atoms with Crippen molar-refractivity contribution in [2.24, 2.45) is 0 Å². The molecule has 0 aliphatic heterocycles. The molecule has 25 heavy (non-hydrogen) atoms. The molecule has 0 unspecified atom stereocenters. The highest BCUT2D eigenvalue weighted by atomic mass is 32.2. The smallest absolute Gasteiger partial charge is 0.396 e. The maximum Gasteiger partial charge on any atom is 0.416 e. The molecule has 2 aromatic rings. The van der Waals surface area contributed by atoms with E-state index < -0.39 is 26.7 Å². The summed E-state index contributed by atoms with van der Waals surface area (Å²) in [5.41, 5.74) is -0.373. The van der Waals surface area contributed by atoms with E-state index in [9.17, 15) is 21.6 Å². The summed E-state index contributed by atoms with van der Waals surface area (Å²) >= 11 is 0. The number of aromatic nitrogens is 2. The molecule has 0 saturated carbocycles. The van der Waals surface area contributed by atoms with E-state index in [4.69, 9.17) is 5.11 Å². The van der Waals surface area contributed by atoms with Crippen molar-refractivity contribution in [3.05, 3.63) is 41.9 Å². The lowest BCUT2D eigenvalue weighted by atomic mass is 10.1. The van der Waals surface area contributed by atoms with Crippen molar-refractivity contribution in [3.63, 3.8) is 0 Å². The van der Waals surface area contributed by atoms with E-state index in [-0.39, 0.29) is 17.9 Å². The van der Waals surface area contributed by atoms with Gasteiger partial charge in [0.15, 0.2) is 0 Å². The minimum atomic E-state index is -4.71. The predicted octanol–water partition coefficient (Wildman–Crippen LogP) is 2.00. The average Bonchev–Trinajstić information content (AvgIpc) is 2.59. The highest BCUT2D eigenvalue weighted by molar-refractivity contribution is 7.89. The van der Waals surface area contributed by atoms with Crippen LogP contribution in [-0.2, 0) is 22.6 Å². The minimum absolute atomic E-state index is 0.0105. The lowest BCUT2D eigenvalue weighted by Crippen LogP contribution is -2.19. The Balaban J connectivity index is 2.59. The monoisotopic (exact) mass is 375 g/mol.